The number of carbonyl (C=O) groups excluding carboxylic acids is 2. The number of urea groups is 1. The first kappa shape index (κ1) is 33.1. The minimum Gasteiger partial charge on any atom is -0.332 e. The molecular formula is C40H42ClN5O2S. The largest absolute Gasteiger partial charge is 0.332 e. The minimum absolute atomic E-state index is 0.159. The zero-order valence-electron chi connectivity index (χ0n) is 28.4. The molecule has 252 valence electrons. The molecule has 7 rings (SSSR count). The molecule has 9 heteroatoms. The number of aryl methyl sites for hydroxylation is 1. The molecule has 0 radical (unpaired) electrons. The van der Waals surface area contributed by atoms with Crippen LogP contribution < -0.4 is 10.6 Å². The number of halogens is 1. The van der Waals surface area contributed by atoms with E-state index in [0.29, 0.717) is 16.8 Å². The van der Waals surface area contributed by atoms with Gasteiger partial charge in [0, 0.05) is 34.3 Å². The first-order valence-corrected chi connectivity index (χ1v) is 18.3. The average Bonchev–Trinajstić information content (AvgIpc) is 3.78. The number of thiophene rings is 1. The lowest BCUT2D eigenvalue weighted by Gasteiger charge is -2.39. The summed E-state index contributed by atoms with van der Waals surface area (Å²) in [6, 6.07) is 28.2. The molecule has 2 aromatic heterocycles. The van der Waals surface area contributed by atoms with E-state index >= 15 is 0 Å². The highest BCUT2D eigenvalue weighted by Gasteiger charge is 2.43. The lowest BCUT2D eigenvalue weighted by Crippen LogP contribution is -2.46. The third-order valence-electron chi connectivity index (χ3n) is 9.76. The Kier molecular flexibility index (Phi) is 9.11. The van der Waals surface area contributed by atoms with Crippen LogP contribution in [0.4, 0.5) is 16.3 Å². The minimum atomic E-state index is -0.316. The molecule has 2 aliphatic heterocycles. The fraction of sp³-hybridized carbons (Fsp3) is 0.325. The number of amides is 3. The summed E-state index contributed by atoms with van der Waals surface area (Å²) < 4.78 is 1.79. The van der Waals surface area contributed by atoms with Crippen molar-refractivity contribution in [1.29, 1.82) is 0 Å². The fourth-order valence-corrected chi connectivity index (χ4v) is 8.25. The van der Waals surface area contributed by atoms with Crippen LogP contribution >= 0.6 is 22.9 Å². The Bertz CT molecular complexity index is 1960. The number of piperidine rings is 1. The predicted octanol–water partition coefficient (Wildman–Crippen LogP) is 10.1. The van der Waals surface area contributed by atoms with Crippen LogP contribution in [0.15, 0.2) is 90.3 Å². The lowest BCUT2D eigenvalue weighted by atomic mass is 9.85. The van der Waals surface area contributed by atoms with Crippen molar-refractivity contribution in [2.24, 2.45) is 5.92 Å². The highest BCUT2D eigenvalue weighted by Crippen LogP contribution is 2.42. The summed E-state index contributed by atoms with van der Waals surface area (Å²) in [6.07, 6.45) is 5.02. The number of benzene rings is 3. The highest BCUT2D eigenvalue weighted by atomic mass is 35.5. The molecule has 0 aliphatic carbocycles. The van der Waals surface area contributed by atoms with Crippen molar-refractivity contribution in [3.63, 3.8) is 0 Å². The molecule has 2 aliphatic rings. The molecule has 0 spiro atoms. The van der Waals surface area contributed by atoms with Crippen LogP contribution in [0.25, 0.3) is 16.8 Å². The second kappa shape index (κ2) is 13.5. The second-order valence-electron chi connectivity index (χ2n) is 14.5. The molecular weight excluding hydrogens is 650 g/mol. The van der Waals surface area contributed by atoms with E-state index < -0.39 is 0 Å². The zero-order chi connectivity index (χ0) is 34.3. The maximum Gasteiger partial charge on any atom is 0.324 e. The number of anilines is 2. The second-order valence-corrected chi connectivity index (χ2v) is 15.9. The van der Waals surface area contributed by atoms with E-state index in [4.69, 9.17) is 16.7 Å². The average molecular weight is 692 g/mol. The third-order valence-corrected chi connectivity index (χ3v) is 10.9. The summed E-state index contributed by atoms with van der Waals surface area (Å²) in [7, 11) is 0. The van der Waals surface area contributed by atoms with Crippen molar-refractivity contribution >= 4 is 46.4 Å². The number of aromatic nitrogens is 2. The van der Waals surface area contributed by atoms with E-state index in [1.165, 1.54) is 16.9 Å². The van der Waals surface area contributed by atoms with Gasteiger partial charge >= 0.3 is 6.03 Å². The quantitative estimate of drug-likeness (QED) is 0.178. The van der Waals surface area contributed by atoms with Gasteiger partial charge in [0.25, 0.3) is 5.91 Å². The van der Waals surface area contributed by atoms with Crippen molar-refractivity contribution in [2.45, 2.75) is 77.3 Å². The number of nitrogens with zero attached hydrogens (tertiary/aromatic N) is 3. The summed E-state index contributed by atoms with van der Waals surface area (Å²) in [4.78, 5) is 30.0. The molecule has 2 unspecified atom stereocenters. The maximum atomic E-state index is 13.7. The fourth-order valence-electron chi connectivity index (χ4n) is 7.26. The molecule has 0 saturated carbocycles. The lowest BCUT2D eigenvalue weighted by molar-refractivity contribution is 0.0529. The molecule has 2 atom stereocenters. The van der Waals surface area contributed by atoms with E-state index in [9.17, 15) is 9.59 Å². The predicted molar refractivity (Wildman–Crippen MR) is 200 cm³/mol. The van der Waals surface area contributed by atoms with Crippen LogP contribution in [0.3, 0.4) is 0 Å². The van der Waals surface area contributed by atoms with E-state index in [0.717, 1.165) is 70.7 Å². The van der Waals surface area contributed by atoms with Crippen LogP contribution in [0.5, 0.6) is 0 Å². The van der Waals surface area contributed by atoms with Gasteiger partial charge in [0.2, 0.25) is 0 Å². The standard InChI is InChI=1S/C40H42ClN5O2S/c1-25-8-14-32(15-9-25)46-37(23-36(44-46)40(2,3)4)43-39(48)42-31-7-5-6-26(19-31)18-27-20-33-16-17-34(21-27)45(33)38(47)35-22-29(24-49-35)28-10-12-30(41)13-11-28/h5-15,19,22-24,27,33-34H,16-18,20-21H2,1-4H3,(H2,42,43,48). The monoisotopic (exact) mass is 691 g/mol. The molecule has 49 heavy (non-hydrogen) atoms. The van der Waals surface area contributed by atoms with Crippen molar-refractivity contribution in [2.75, 3.05) is 10.6 Å². The molecule has 3 aromatic carbocycles. The van der Waals surface area contributed by atoms with Gasteiger partial charge in [-0.15, -0.1) is 11.3 Å². The first-order valence-electron chi connectivity index (χ1n) is 17.0. The first-order chi connectivity index (χ1) is 23.5. The molecule has 2 fully saturated rings. The van der Waals surface area contributed by atoms with Crippen LogP contribution in [-0.2, 0) is 11.8 Å². The topological polar surface area (TPSA) is 79.3 Å². The smallest absolute Gasteiger partial charge is 0.324 e. The molecule has 2 bridgehead atoms. The third kappa shape index (κ3) is 7.31. The van der Waals surface area contributed by atoms with Crippen LogP contribution in [-0.4, -0.2) is 38.7 Å². The van der Waals surface area contributed by atoms with Crippen molar-refractivity contribution < 1.29 is 9.59 Å². The Labute approximate surface area is 297 Å². The van der Waals surface area contributed by atoms with Gasteiger partial charge in [-0.2, -0.15) is 5.10 Å². The summed E-state index contributed by atoms with van der Waals surface area (Å²) in [5.41, 5.74) is 6.83. The van der Waals surface area contributed by atoms with Gasteiger partial charge in [0.1, 0.15) is 5.82 Å². The van der Waals surface area contributed by atoms with Crippen LogP contribution in [0.1, 0.15) is 72.9 Å². The van der Waals surface area contributed by atoms with Gasteiger partial charge in [0.05, 0.1) is 16.3 Å². The Hall–Kier alpha value is -4.40. The Morgan fingerprint density at radius 2 is 1.61 bits per heavy atom. The molecule has 2 saturated heterocycles. The van der Waals surface area contributed by atoms with Crippen molar-refractivity contribution in [3.05, 3.63) is 117 Å². The van der Waals surface area contributed by atoms with Crippen molar-refractivity contribution in [1.82, 2.24) is 14.7 Å². The van der Waals surface area contributed by atoms with Crippen LogP contribution in [0, 0.1) is 12.8 Å². The van der Waals surface area contributed by atoms with Gasteiger partial charge in [0.15, 0.2) is 0 Å². The van der Waals surface area contributed by atoms with Crippen LogP contribution in [0.2, 0.25) is 5.02 Å². The molecule has 3 amide bonds. The number of nitrogens with one attached hydrogen (secondary N) is 2. The summed E-state index contributed by atoms with van der Waals surface area (Å²) in [6.45, 7) is 8.38. The van der Waals surface area contributed by atoms with E-state index in [1.54, 1.807) is 4.68 Å². The van der Waals surface area contributed by atoms with Gasteiger partial charge in [-0.1, -0.05) is 74.3 Å². The number of rotatable bonds is 7. The van der Waals surface area contributed by atoms with Gasteiger partial charge in [-0.05, 0) is 109 Å². The van der Waals surface area contributed by atoms with Gasteiger partial charge in [-0.3, -0.25) is 10.1 Å². The number of hydrogen-bond acceptors (Lipinski definition) is 4. The molecule has 2 N–H and O–H groups in total. The van der Waals surface area contributed by atoms with Crippen molar-refractivity contribution in [3.8, 4) is 16.8 Å². The summed E-state index contributed by atoms with van der Waals surface area (Å²) >= 11 is 7.60. The number of fused-ring (bicyclic) bond motifs is 2. The Morgan fingerprint density at radius 3 is 2.31 bits per heavy atom. The SMILES string of the molecule is Cc1ccc(-n2nc(C(C)(C)C)cc2NC(=O)Nc2cccc(CC3CC4CCC(C3)N4C(=O)c3cc(-c4ccc(Cl)cc4)cs3)c2)cc1. The van der Waals surface area contributed by atoms with E-state index in [2.05, 4.69) is 53.8 Å². The molecule has 5 aromatic rings. The summed E-state index contributed by atoms with van der Waals surface area (Å²) in [5.74, 6) is 1.26. The van der Waals surface area contributed by atoms with Gasteiger partial charge in [-0.25, -0.2) is 9.48 Å². The van der Waals surface area contributed by atoms with E-state index in [1.807, 2.05) is 79.7 Å². The Balaban J connectivity index is 0.987. The number of hydrogen-bond donors (Lipinski definition) is 2. The zero-order valence-corrected chi connectivity index (χ0v) is 29.9. The maximum absolute atomic E-state index is 13.7. The van der Waals surface area contributed by atoms with E-state index in [-0.39, 0.29) is 29.4 Å². The number of carbonyl (C=O) groups is 2. The summed E-state index contributed by atoms with van der Waals surface area (Å²) in [5, 5.41) is 13.7. The molecule has 4 heterocycles. The Morgan fingerprint density at radius 1 is 0.898 bits per heavy atom. The highest BCUT2D eigenvalue weighted by molar-refractivity contribution is 7.12. The van der Waals surface area contributed by atoms with Gasteiger partial charge < -0.3 is 10.2 Å². The molecule has 7 nitrogen and oxygen atoms in total. The normalized spacial score (nSPS) is 18.8.